The molecule has 1 atom stereocenters. The first-order valence-corrected chi connectivity index (χ1v) is 10.5. The van der Waals surface area contributed by atoms with E-state index in [1.165, 1.54) is 0 Å². The second kappa shape index (κ2) is 9.82. The lowest BCUT2D eigenvalue weighted by molar-refractivity contribution is -0.115. The number of hydrogen-bond donors (Lipinski definition) is 1. The van der Waals surface area contributed by atoms with Gasteiger partial charge in [0.25, 0.3) is 0 Å². The van der Waals surface area contributed by atoms with Crippen molar-refractivity contribution < 1.29 is 9.59 Å². The Morgan fingerprint density at radius 3 is 2.70 bits per heavy atom. The molecule has 1 heterocycles. The minimum Gasteiger partial charge on any atom is -0.366 e. The Morgan fingerprint density at radius 1 is 1.27 bits per heavy atom. The maximum absolute atomic E-state index is 12.5. The minimum absolute atomic E-state index is 0.000212. The van der Waals surface area contributed by atoms with Crippen LogP contribution in [0.5, 0.6) is 0 Å². The Morgan fingerprint density at radius 2 is 2.03 bits per heavy atom. The number of nitrogens with zero attached hydrogens (tertiary/aromatic N) is 1. The monoisotopic (exact) mass is 414 g/mol. The Kier molecular flexibility index (Phi) is 6.95. The summed E-state index contributed by atoms with van der Waals surface area (Å²) in [6.45, 7) is 5.73. The molecule has 0 bridgehead atoms. The summed E-state index contributed by atoms with van der Waals surface area (Å²) in [6.07, 6.45) is 7.49. The SMILES string of the molecule is C=C/C(C#Cc1ccc(C2SCC(=O)N2c2cccc(C(N)=O)c2)cc1)=C\C=C/C. The molecule has 1 saturated heterocycles. The molecule has 150 valence electrons. The van der Waals surface area contributed by atoms with Gasteiger partial charge in [0.15, 0.2) is 0 Å². The maximum atomic E-state index is 12.5. The molecule has 2 amide bonds. The van der Waals surface area contributed by atoms with Gasteiger partial charge in [-0.3, -0.25) is 14.5 Å². The molecule has 2 aromatic rings. The molecule has 0 aromatic heterocycles. The summed E-state index contributed by atoms with van der Waals surface area (Å²) in [7, 11) is 0. The highest BCUT2D eigenvalue weighted by Gasteiger charge is 2.34. The van der Waals surface area contributed by atoms with Crippen LogP contribution in [0.25, 0.3) is 0 Å². The quantitative estimate of drug-likeness (QED) is 0.574. The first-order valence-electron chi connectivity index (χ1n) is 9.44. The summed E-state index contributed by atoms with van der Waals surface area (Å²) < 4.78 is 0. The summed E-state index contributed by atoms with van der Waals surface area (Å²) in [4.78, 5) is 25.8. The Balaban J connectivity index is 1.85. The van der Waals surface area contributed by atoms with Crippen molar-refractivity contribution in [3.05, 3.63) is 102 Å². The van der Waals surface area contributed by atoms with Crippen LogP contribution in [0.3, 0.4) is 0 Å². The molecule has 1 aliphatic heterocycles. The standard InChI is InChI=1S/C25H22N2O2S/c1-3-5-7-18(4-2)10-11-19-12-14-20(15-13-19)25-27(23(28)17-30-25)22-9-6-8-21(16-22)24(26)29/h3-9,12-16,25H,2,17H2,1H3,(H2,26,29)/b5-3-,18-7+. The fourth-order valence-corrected chi connectivity index (χ4v) is 4.17. The number of carbonyl (C=O) groups is 2. The van der Waals surface area contributed by atoms with E-state index in [1.54, 1.807) is 40.9 Å². The lowest BCUT2D eigenvalue weighted by atomic mass is 10.1. The molecule has 2 aromatic carbocycles. The number of nitrogens with two attached hydrogens (primary N) is 1. The van der Waals surface area contributed by atoms with Crippen LogP contribution in [-0.4, -0.2) is 17.6 Å². The Labute approximate surface area is 181 Å². The van der Waals surface area contributed by atoms with Crippen molar-refractivity contribution in [2.45, 2.75) is 12.3 Å². The lowest BCUT2D eigenvalue weighted by Crippen LogP contribution is -2.28. The number of carbonyl (C=O) groups excluding carboxylic acids is 2. The van der Waals surface area contributed by atoms with E-state index in [2.05, 4.69) is 18.4 Å². The lowest BCUT2D eigenvalue weighted by Gasteiger charge is -2.24. The topological polar surface area (TPSA) is 63.4 Å². The summed E-state index contributed by atoms with van der Waals surface area (Å²) >= 11 is 1.55. The molecule has 0 saturated carbocycles. The largest absolute Gasteiger partial charge is 0.366 e. The highest BCUT2D eigenvalue weighted by Crippen LogP contribution is 2.41. The van der Waals surface area contributed by atoms with Gasteiger partial charge >= 0.3 is 0 Å². The van der Waals surface area contributed by atoms with Gasteiger partial charge in [0.1, 0.15) is 5.37 Å². The van der Waals surface area contributed by atoms with E-state index < -0.39 is 5.91 Å². The number of thioether (sulfide) groups is 1. The number of hydrogen-bond acceptors (Lipinski definition) is 3. The fraction of sp³-hybridized carbons (Fsp3) is 0.120. The molecule has 5 heteroatoms. The molecule has 3 rings (SSSR count). The zero-order valence-electron chi connectivity index (χ0n) is 16.7. The third kappa shape index (κ3) is 4.91. The Hall–Kier alpha value is -3.49. The van der Waals surface area contributed by atoms with Crippen molar-refractivity contribution in [2.24, 2.45) is 5.73 Å². The molecule has 0 aliphatic carbocycles. The average Bonchev–Trinajstić information content (AvgIpc) is 3.15. The molecule has 4 nitrogen and oxygen atoms in total. The van der Waals surface area contributed by atoms with Gasteiger partial charge in [-0.05, 0) is 48.9 Å². The van der Waals surface area contributed by atoms with Crippen LogP contribution in [0.1, 0.15) is 33.8 Å². The molecule has 2 N–H and O–H groups in total. The highest BCUT2D eigenvalue weighted by molar-refractivity contribution is 8.00. The number of amides is 2. The van der Waals surface area contributed by atoms with Crippen LogP contribution >= 0.6 is 11.8 Å². The van der Waals surface area contributed by atoms with Gasteiger partial charge in [0, 0.05) is 22.4 Å². The van der Waals surface area contributed by atoms with Gasteiger partial charge in [-0.2, -0.15) is 0 Å². The van der Waals surface area contributed by atoms with E-state index >= 15 is 0 Å². The van der Waals surface area contributed by atoms with Crippen LogP contribution in [0.2, 0.25) is 0 Å². The summed E-state index contributed by atoms with van der Waals surface area (Å²) in [5.74, 6) is 6.09. The molecule has 0 spiro atoms. The van der Waals surface area contributed by atoms with Crippen molar-refractivity contribution in [3.63, 3.8) is 0 Å². The predicted octanol–water partition coefficient (Wildman–Crippen LogP) is 4.60. The summed E-state index contributed by atoms with van der Waals surface area (Å²) in [5, 5.41) is -0.166. The van der Waals surface area contributed by atoms with Gasteiger partial charge in [-0.25, -0.2) is 0 Å². The molecule has 30 heavy (non-hydrogen) atoms. The average molecular weight is 415 g/mol. The Bertz CT molecular complexity index is 1090. The van der Waals surface area contributed by atoms with E-state index in [-0.39, 0.29) is 11.3 Å². The fourth-order valence-electron chi connectivity index (χ4n) is 2.99. The van der Waals surface area contributed by atoms with E-state index in [4.69, 9.17) is 5.73 Å². The van der Waals surface area contributed by atoms with Gasteiger partial charge in [0.2, 0.25) is 11.8 Å². The van der Waals surface area contributed by atoms with Gasteiger partial charge < -0.3 is 5.73 Å². The van der Waals surface area contributed by atoms with Crippen LogP contribution in [-0.2, 0) is 4.79 Å². The van der Waals surface area contributed by atoms with Crippen LogP contribution in [0.4, 0.5) is 5.69 Å². The zero-order valence-corrected chi connectivity index (χ0v) is 17.5. The third-order valence-electron chi connectivity index (χ3n) is 4.51. The number of primary amides is 1. The van der Waals surface area contributed by atoms with Crippen LogP contribution in [0, 0.1) is 11.8 Å². The smallest absolute Gasteiger partial charge is 0.248 e. The van der Waals surface area contributed by atoms with E-state index in [1.807, 2.05) is 55.5 Å². The normalized spacial score (nSPS) is 16.4. The number of benzene rings is 2. The number of anilines is 1. The molecular weight excluding hydrogens is 392 g/mol. The second-order valence-corrected chi connectivity index (χ2v) is 7.63. The second-order valence-electron chi connectivity index (χ2n) is 6.57. The molecule has 0 radical (unpaired) electrons. The van der Waals surface area contributed by atoms with Crippen molar-refractivity contribution >= 4 is 29.3 Å². The first kappa shape index (κ1) is 21.2. The maximum Gasteiger partial charge on any atom is 0.248 e. The predicted molar refractivity (Wildman–Crippen MR) is 124 cm³/mol. The van der Waals surface area contributed by atoms with Crippen LogP contribution < -0.4 is 10.6 Å². The summed E-state index contributed by atoms with van der Waals surface area (Å²) in [5.41, 5.74) is 9.15. The van der Waals surface area contributed by atoms with Crippen molar-refractivity contribution in [3.8, 4) is 11.8 Å². The van der Waals surface area contributed by atoms with Crippen molar-refractivity contribution in [1.29, 1.82) is 0 Å². The zero-order chi connectivity index (χ0) is 21.5. The molecule has 1 fully saturated rings. The number of allylic oxidation sites excluding steroid dienone is 5. The van der Waals surface area contributed by atoms with Gasteiger partial charge in [0.05, 0.1) is 5.75 Å². The molecule has 1 unspecified atom stereocenters. The van der Waals surface area contributed by atoms with Gasteiger partial charge in [-0.1, -0.05) is 54.8 Å². The highest BCUT2D eigenvalue weighted by atomic mass is 32.2. The van der Waals surface area contributed by atoms with E-state index in [0.717, 1.165) is 16.7 Å². The molecular formula is C25H22N2O2S. The van der Waals surface area contributed by atoms with E-state index in [0.29, 0.717) is 17.0 Å². The summed E-state index contributed by atoms with van der Waals surface area (Å²) in [6, 6.07) is 14.7. The van der Waals surface area contributed by atoms with Crippen molar-refractivity contribution in [2.75, 3.05) is 10.7 Å². The van der Waals surface area contributed by atoms with Crippen molar-refractivity contribution in [1.82, 2.24) is 0 Å². The first-order chi connectivity index (χ1) is 14.5. The minimum atomic E-state index is -0.516. The van der Waals surface area contributed by atoms with E-state index in [9.17, 15) is 9.59 Å². The van der Waals surface area contributed by atoms with Crippen LogP contribution in [0.15, 0.2) is 85.0 Å². The number of rotatable bonds is 5. The van der Waals surface area contributed by atoms with Gasteiger partial charge in [-0.15, -0.1) is 11.8 Å². The third-order valence-corrected chi connectivity index (χ3v) is 5.72. The molecule has 1 aliphatic rings.